The lowest BCUT2D eigenvalue weighted by molar-refractivity contribution is -0.261. The van der Waals surface area contributed by atoms with E-state index in [0.717, 1.165) is 12.3 Å². The number of hydroxylamine groups is 2. The molecule has 2 fully saturated rings. The van der Waals surface area contributed by atoms with Gasteiger partial charge in [-0.2, -0.15) is 18.2 Å². The van der Waals surface area contributed by atoms with E-state index in [4.69, 9.17) is 14.3 Å². The molecule has 8 heteroatoms. The number of hydrogen-bond acceptors (Lipinski definition) is 5. The highest BCUT2D eigenvalue weighted by Crippen LogP contribution is 2.32. The SMILES string of the molecule is CON1[C@@H]2COC[C@H]1C[C@@H](Oc1ccc(C(F)(F)F)cn1)C2. The Morgan fingerprint density at radius 1 is 1.23 bits per heavy atom. The summed E-state index contributed by atoms with van der Waals surface area (Å²) in [7, 11) is 1.63. The molecule has 0 aromatic carbocycles. The third-order valence-corrected chi connectivity index (χ3v) is 3.97. The highest BCUT2D eigenvalue weighted by Gasteiger charge is 2.40. The number of pyridine rings is 1. The molecule has 2 aliphatic rings. The number of aromatic nitrogens is 1. The molecule has 0 saturated carbocycles. The van der Waals surface area contributed by atoms with Crippen molar-refractivity contribution < 1.29 is 27.5 Å². The predicted molar refractivity (Wildman–Crippen MR) is 70.1 cm³/mol. The minimum atomic E-state index is -4.39. The van der Waals surface area contributed by atoms with Crippen molar-refractivity contribution in [3.63, 3.8) is 0 Å². The van der Waals surface area contributed by atoms with Gasteiger partial charge in [0.15, 0.2) is 0 Å². The smallest absolute Gasteiger partial charge is 0.417 e. The highest BCUT2D eigenvalue weighted by molar-refractivity contribution is 5.20. The van der Waals surface area contributed by atoms with E-state index >= 15 is 0 Å². The van der Waals surface area contributed by atoms with Gasteiger partial charge in [-0.05, 0) is 6.07 Å². The van der Waals surface area contributed by atoms with Crippen molar-refractivity contribution in [2.75, 3.05) is 20.3 Å². The van der Waals surface area contributed by atoms with Crippen molar-refractivity contribution in [3.05, 3.63) is 23.9 Å². The van der Waals surface area contributed by atoms with Crippen LogP contribution < -0.4 is 4.74 Å². The molecule has 0 aliphatic carbocycles. The summed E-state index contributed by atoms with van der Waals surface area (Å²) in [5.41, 5.74) is -0.778. The molecule has 0 unspecified atom stereocenters. The molecule has 3 heterocycles. The third-order valence-electron chi connectivity index (χ3n) is 3.97. The van der Waals surface area contributed by atoms with Gasteiger partial charge in [-0.15, -0.1) is 0 Å². The molecular weight excluding hydrogens is 301 g/mol. The molecule has 3 rings (SSSR count). The van der Waals surface area contributed by atoms with Crippen LogP contribution in [0.25, 0.3) is 0 Å². The summed E-state index contributed by atoms with van der Waals surface area (Å²) >= 11 is 0. The van der Waals surface area contributed by atoms with Crippen molar-refractivity contribution in [2.45, 2.75) is 37.2 Å². The first-order valence-electron chi connectivity index (χ1n) is 7.07. The Labute approximate surface area is 125 Å². The van der Waals surface area contributed by atoms with Gasteiger partial charge in [0.05, 0.1) is 38.0 Å². The van der Waals surface area contributed by atoms with Crippen LogP contribution in [0, 0.1) is 0 Å². The molecule has 2 saturated heterocycles. The van der Waals surface area contributed by atoms with Crippen LogP contribution in [0.2, 0.25) is 0 Å². The standard InChI is InChI=1S/C14H17F3N2O3/c1-20-19-10-4-12(5-11(19)8-21-7-10)22-13-3-2-9(6-18-13)14(15,16)17/h2-3,6,10-12H,4-5,7-8H2,1H3/t10-,11+,12-. The third kappa shape index (κ3) is 3.18. The molecule has 0 spiro atoms. The Bertz CT molecular complexity index is 495. The first-order valence-corrected chi connectivity index (χ1v) is 7.07. The summed E-state index contributed by atoms with van der Waals surface area (Å²) in [6.07, 6.45) is -2.32. The first-order chi connectivity index (χ1) is 10.5. The average Bonchev–Trinajstić information content (AvgIpc) is 2.46. The van der Waals surface area contributed by atoms with E-state index in [0.29, 0.717) is 26.1 Å². The van der Waals surface area contributed by atoms with E-state index in [9.17, 15) is 13.2 Å². The van der Waals surface area contributed by atoms with Crippen LogP contribution in [0.4, 0.5) is 13.2 Å². The van der Waals surface area contributed by atoms with Crippen LogP contribution in [-0.2, 0) is 15.8 Å². The van der Waals surface area contributed by atoms with Gasteiger partial charge in [-0.1, -0.05) is 0 Å². The summed E-state index contributed by atoms with van der Waals surface area (Å²) in [5, 5.41) is 1.92. The summed E-state index contributed by atoms with van der Waals surface area (Å²) in [6, 6.07) is 2.43. The van der Waals surface area contributed by atoms with Gasteiger partial charge in [0.2, 0.25) is 5.88 Å². The molecule has 0 amide bonds. The number of piperidine rings is 1. The van der Waals surface area contributed by atoms with Crippen molar-refractivity contribution in [2.24, 2.45) is 0 Å². The fraction of sp³-hybridized carbons (Fsp3) is 0.643. The number of ether oxygens (including phenoxy) is 2. The van der Waals surface area contributed by atoms with Crippen molar-refractivity contribution in [1.82, 2.24) is 10.0 Å². The molecule has 1 aromatic rings. The molecule has 5 nitrogen and oxygen atoms in total. The summed E-state index contributed by atoms with van der Waals surface area (Å²) < 4.78 is 48.7. The molecular formula is C14H17F3N2O3. The zero-order valence-corrected chi connectivity index (χ0v) is 12.0. The van der Waals surface area contributed by atoms with E-state index in [2.05, 4.69) is 4.98 Å². The summed E-state index contributed by atoms with van der Waals surface area (Å²) in [6.45, 7) is 1.12. The van der Waals surface area contributed by atoms with Crippen molar-refractivity contribution in [1.29, 1.82) is 0 Å². The monoisotopic (exact) mass is 318 g/mol. The van der Waals surface area contributed by atoms with Gasteiger partial charge in [-0.3, -0.25) is 0 Å². The Morgan fingerprint density at radius 2 is 1.91 bits per heavy atom. The highest BCUT2D eigenvalue weighted by atomic mass is 19.4. The molecule has 2 aliphatic heterocycles. The molecule has 122 valence electrons. The van der Waals surface area contributed by atoms with Crippen LogP contribution in [0.15, 0.2) is 18.3 Å². The van der Waals surface area contributed by atoms with Crippen LogP contribution >= 0.6 is 0 Å². The van der Waals surface area contributed by atoms with E-state index in [1.54, 1.807) is 7.11 Å². The van der Waals surface area contributed by atoms with Crippen LogP contribution in [0.5, 0.6) is 5.88 Å². The second-order valence-electron chi connectivity index (χ2n) is 5.48. The predicted octanol–water partition coefficient (Wildman–Crippen LogP) is 2.27. The fourth-order valence-corrected chi connectivity index (χ4v) is 3.02. The van der Waals surface area contributed by atoms with Crippen LogP contribution in [0.1, 0.15) is 18.4 Å². The zero-order valence-electron chi connectivity index (χ0n) is 12.0. The van der Waals surface area contributed by atoms with Gasteiger partial charge in [0.25, 0.3) is 0 Å². The Morgan fingerprint density at radius 3 is 2.41 bits per heavy atom. The van der Waals surface area contributed by atoms with Gasteiger partial charge in [-0.25, -0.2) is 4.98 Å². The molecule has 0 N–H and O–H groups in total. The molecule has 22 heavy (non-hydrogen) atoms. The van der Waals surface area contributed by atoms with Gasteiger partial charge in [0.1, 0.15) is 6.10 Å². The van der Waals surface area contributed by atoms with E-state index in [1.165, 1.54) is 6.07 Å². The minimum absolute atomic E-state index is 0.0944. The Balaban J connectivity index is 1.64. The lowest BCUT2D eigenvalue weighted by Gasteiger charge is -2.46. The number of fused-ring (bicyclic) bond motifs is 2. The Kier molecular flexibility index (Phi) is 4.24. The average molecular weight is 318 g/mol. The topological polar surface area (TPSA) is 43.8 Å². The molecule has 3 atom stereocenters. The second kappa shape index (κ2) is 6.02. The fourth-order valence-electron chi connectivity index (χ4n) is 3.02. The Hall–Kier alpha value is -1.38. The van der Waals surface area contributed by atoms with E-state index in [1.807, 2.05) is 5.06 Å². The largest absolute Gasteiger partial charge is 0.474 e. The number of hydrogen-bond donors (Lipinski definition) is 0. The quantitative estimate of drug-likeness (QED) is 0.855. The molecule has 1 aromatic heterocycles. The van der Waals surface area contributed by atoms with E-state index < -0.39 is 11.7 Å². The first kappa shape index (κ1) is 15.5. The number of morpholine rings is 1. The number of alkyl halides is 3. The number of halogens is 3. The van der Waals surface area contributed by atoms with Gasteiger partial charge in [0, 0.05) is 25.1 Å². The zero-order chi connectivity index (χ0) is 15.7. The maximum atomic E-state index is 12.5. The number of nitrogens with zero attached hydrogens (tertiary/aromatic N) is 2. The minimum Gasteiger partial charge on any atom is -0.474 e. The van der Waals surface area contributed by atoms with Crippen LogP contribution in [0.3, 0.4) is 0 Å². The maximum absolute atomic E-state index is 12.5. The summed E-state index contributed by atoms with van der Waals surface area (Å²) in [5.74, 6) is 0.211. The van der Waals surface area contributed by atoms with Crippen molar-refractivity contribution in [3.8, 4) is 5.88 Å². The van der Waals surface area contributed by atoms with E-state index in [-0.39, 0.29) is 24.1 Å². The van der Waals surface area contributed by atoms with Gasteiger partial charge < -0.3 is 14.3 Å². The lowest BCUT2D eigenvalue weighted by atomic mass is 9.94. The molecule has 2 bridgehead atoms. The normalized spacial score (nSPS) is 29.4. The maximum Gasteiger partial charge on any atom is 0.417 e. The lowest BCUT2D eigenvalue weighted by Crippen LogP contribution is -2.58. The van der Waals surface area contributed by atoms with Gasteiger partial charge >= 0.3 is 6.18 Å². The summed E-state index contributed by atoms with van der Waals surface area (Å²) in [4.78, 5) is 9.12. The van der Waals surface area contributed by atoms with Crippen LogP contribution in [-0.4, -0.2) is 48.6 Å². The number of rotatable bonds is 3. The van der Waals surface area contributed by atoms with Crippen molar-refractivity contribution >= 4 is 0 Å². The second-order valence-corrected chi connectivity index (χ2v) is 5.48. The molecule has 0 radical (unpaired) electrons.